The lowest BCUT2D eigenvalue weighted by atomic mass is 10.2. The van der Waals surface area contributed by atoms with Crippen molar-refractivity contribution < 1.29 is 14.3 Å². The second-order valence-electron chi connectivity index (χ2n) is 5.89. The van der Waals surface area contributed by atoms with E-state index in [1.165, 1.54) is 0 Å². The minimum Gasteiger partial charge on any atom is -0.495 e. The zero-order chi connectivity index (χ0) is 17.6. The molecule has 0 spiro atoms. The molecule has 0 radical (unpaired) electrons. The molecule has 1 atom stereocenters. The summed E-state index contributed by atoms with van der Waals surface area (Å²) in [5, 5.41) is 5.98. The Bertz CT molecular complexity index is 745. The number of hydrogen-bond donors (Lipinski definition) is 2. The summed E-state index contributed by atoms with van der Waals surface area (Å²) in [5.74, 6) is 0.799. The van der Waals surface area contributed by atoms with Crippen molar-refractivity contribution in [1.29, 1.82) is 0 Å². The third-order valence-electron chi connectivity index (χ3n) is 3.95. The van der Waals surface area contributed by atoms with Crippen LogP contribution in [0, 0.1) is 6.92 Å². The molecule has 7 nitrogen and oxygen atoms in total. The molecule has 1 aromatic carbocycles. The number of rotatable bonds is 6. The maximum absolute atomic E-state index is 12.4. The van der Waals surface area contributed by atoms with Gasteiger partial charge >= 0.3 is 0 Å². The first kappa shape index (κ1) is 17.2. The van der Waals surface area contributed by atoms with Gasteiger partial charge in [0.25, 0.3) is 5.91 Å². The van der Waals surface area contributed by atoms with Gasteiger partial charge in [0.1, 0.15) is 11.4 Å². The van der Waals surface area contributed by atoms with Gasteiger partial charge in [-0.1, -0.05) is 12.1 Å². The van der Waals surface area contributed by atoms with E-state index in [1.54, 1.807) is 13.2 Å². The van der Waals surface area contributed by atoms with Crippen LogP contribution in [0.15, 0.2) is 30.3 Å². The second kappa shape index (κ2) is 7.94. The van der Waals surface area contributed by atoms with Crippen LogP contribution in [0.25, 0.3) is 0 Å². The molecule has 0 bridgehead atoms. The van der Waals surface area contributed by atoms with Crippen LogP contribution in [0.3, 0.4) is 0 Å². The summed E-state index contributed by atoms with van der Waals surface area (Å²) in [6.45, 7) is 3.09. The van der Waals surface area contributed by atoms with Crippen molar-refractivity contribution in [3.05, 3.63) is 41.7 Å². The van der Waals surface area contributed by atoms with Gasteiger partial charge < -0.3 is 20.1 Å². The van der Waals surface area contributed by atoms with Gasteiger partial charge in [-0.3, -0.25) is 4.79 Å². The number of hydrogen-bond acceptors (Lipinski definition) is 6. The first-order valence-electron chi connectivity index (χ1n) is 8.31. The van der Waals surface area contributed by atoms with E-state index in [0.717, 1.165) is 25.1 Å². The first-order valence-corrected chi connectivity index (χ1v) is 8.31. The molecule has 1 aromatic heterocycles. The van der Waals surface area contributed by atoms with E-state index in [9.17, 15) is 4.79 Å². The van der Waals surface area contributed by atoms with Gasteiger partial charge in [0.15, 0.2) is 0 Å². The molecular formula is C18H22N4O3. The van der Waals surface area contributed by atoms with Gasteiger partial charge in [-0.05, 0) is 38.0 Å². The quantitative estimate of drug-likeness (QED) is 0.839. The van der Waals surface area contributed by atoms with E-state index in [2.05, 4.69) is 20.6 Å². The Labute approximate surface area is 146 Å². The average Bonchev–Trinajstić information content (AvgIpc) is 3.13. The molecule has 1 saturated heterocycles. The molecule has 0 saturated carbocycles. The Kier molecular flexibility index (Phi) is 5.45. The standard InChI is InChI=1S/C18H22N4O3/c1-12-10-15(17(23)19-11-13-6-5-9-25-13)22-18(20-12)21-14-7-3-4-8-16(14)24-2/h3-4,7-8,10,13H,5-6,9,11H2,1-2H3,(H,19,23)(H,20,21,22). The van der Waals surface area contributed by atoms with E-state index in [4.69, 9.17) is 9.47 Å². The van der Waals surface area contributed by atoms with Crippen LogP contribution >= 0.6 is 0 Å². The van der Waals surface area contributed by atoms with Gasteiger partial charge in [0.05, 0.1) is 18.9 Å². The molecule has 1 aliphatic heterocycles. The Hall–Kier alpha value is -2.67. The van der Waals surface area contributed by atoms with Crippen molar-refractivity contribution in [2.45, 2.75) is 25.9 Å². The summed E-state index contributed by atoms with van der Waals surface area (Å²) in [6.07, 6.45) is 2.11. The molecule has 1 unspecified atom stereocenters. The molecular weight excluding hydrogens is 320 g/mol. The smallest absolute Gasteiger partial charge is 0.270 e. The van der Waals surface area contributed by atoms with Crippen LogP contribution in [0.5, 0.6) is 5.75 Å². The summed E-state index contributed by atoms with van der Waals surface area (Å²) < 4.78 is 10.8. The molecule has 1 amide bonds. The fourth-order valence-corrected chi connectivity index (χ4v) is 2.71. The zero-order valence-electron chi connectivity index (χ0n) is 14.4. The molecule has 1 fully saturated rings. The molecule has 132 valence electrons. The third-order valence-corrected chi connectivity index (χ3v) is 3.95. The SMILES string of the molecule is COc1ccccc1Nc1nc(C)cc(C(=O)NCC2CCCO2)n1. The number of ether oxygens (including phenoxy) is 2. The second-order valence-corrected chi connectivity index (χ2v) is 5.89. The monoisotopic (exact) mass is 342 g/mol. The van der Waals surface area contributed by atoms with Crippen LogP contribution in [-0.2, 0) is 4.74 Å². The minimum absolute atomic E-state index is 0.0954. The first-order chi connectivity index (χ1) is 12.2. The molecule has 25 heavy (non-hydrogen) atoms. The molecule has 0 aliphatic carbocycles. The predicted molar refractivity (Wildman–Crippen MR) is 94.4 cm³/mol. The highest BCUT2D eigenvalue weighted by Crippen LogP contribution is 2.25. The average molecular weight is 342 g/mol. The van der Waals surface area contributed by atoms with E-state index >= 15 is 0 Å². The lowest BCUT2D eigenvalue weighted by Crippen LogP contribution is -2.32. The summed E-state index contributed by atoms with van der Waals surface area (Å²) in [4.78, 5) is 21.0. The van der Waals surface area contributed by atoms with Crippen LogP contribution < -0.4 is 15.4 Å². The van der Waals surface area contributed by atoms with Gasteiger partial charge in [-0.25, -0.2) is 9.97 Å². The van der Waals surface area contributed by atoms with Crippen molar-refractivity contribution in [3.63, 3.8) is 0 Å². The van der Waals surface area contributed by atoms with Crippen molar-refractivity contribution in [2.24, 2.45) is 0 Å². The highest BCUT2D eigenvalue weighted by Gasteiger charge is 2.18. The Morgan fingerprint density at radius 2 is 2.20 bits per heavy atom. The van der Waals surface area contributed by atoms with E-state index in [1.807, 2.05) is 31.2 Å². The number of amides is 1. The van der Waals surface area contributed by atoms with Crippen LogP contribution in [0.2, 0.25) is 0 Å². The van der Waals surface area contributed by atoms with Gasteiger partial charge in [0.2, 0.25) is 5.95 Å². The Balaban J connectivity index is 1.72. The molecule has 2 heterocycles. The van der Waals surface area contributed by atoms with Gasteiger partial charge in [-0.2, -0.15) is 0 Å². The molecule has 1 aliphatic rings. The number of para-hydroxylation sites is 2. The highest BCUT2D eigenvalue weighted by atomic mass is 16.5. The lowest BCUT2D eigenvalue weighted by Gasteiger charge is -2.12. The Morgan fingerprint density at radius 1 is 1.36 bits per heavy atom. The Morgan fingerprint density at radius 3 is 2.96 bits per heavy atom. The minimum atomic E-state index is -0.232. The highest BCUT2D eigenvalue weighted by molar-refractivity contribution is 5.92. The number of aromatic nitrogens is 2. The summed E-state index contributed by atoms with van der Waals surface area (Å²) in [5.41, 5.74) is 1.76. The predicted octanol–water partition coefficient (Wildman–Crippen LogP) is 2.45. The largest absolute Gasteiger partial charge is 0.495 e. The van der Waals surface area contributed by atoms with Gasteiger partial charge in [-0.15, -0.1) is 0 Å². The number of nitrogens with one attached hydrogen (secondary N) is 2. The third kappa shape index (κ3) is 4.45. The van der Waals surface area contributed by atoms with Crippen molar-refractivity contribution >= 4 is 17.5 Å². The van der Waals surface area contributed by atoms with E-state index in [0.29, 0.717) is 29.6 Å². The maximum atomic E-state index is 12.4. The fourth-order valence-electron chi connectivity index (χ4n) is 2.71. The number of nitrogens with zero attached hydrogens (tertiary/aromatic N) is 2. The summed E-state index contributed by atoms with van der Waals surface area (Å²) in [7, 11) is 1.60. The van der Waals surface area contributed by atoms with Crippen LogP contribution in [0.4, 0.5) is 11.6 Å². The van der Waals surface area contributed by atoms with Crippen LogP contribution in [0.1, 0.15) is 29.0 Å². The fraction of sp³-hybridized carbons (Fsp3) is 0.389. The number of aryl methyl sites for hydroxylation is 1. The number of methoxy groups -OCH3 is 1. The number of carbonyl (C=O) groups excluding carboxylic acids is 1. The van der Waals surface area contributed by atoms with Crippen LogP contribution in [-0.4, -0.2) is 42.2 Å². The summed E-state index contributed by atoms with van der Waals surface area (Å²) >= 11 is 0. The van der Waals surface area contributed by atoms with Crippen molar-refractivity contribution in [1.82, 2.24) is 15.3 Å². The summed E-state index contributed by atoms with van der Waals surface area (Å²) in [6, 6.07) is 9.13. The number of anilines is 2. The number of carbonyl (C=O) groups is 1. The number of benzene rings is 1. The maximum Gasteiger partial charge on any atom is 0.270 e. The van der Waals surface area contributed by atoms with Crippen molar-refractivity contribution in [2.75, 3.05) is 25.6 Å². The molecule has 2 N–H and O–H groups in total. The van der Waals surface area contributed by atoms with Crippen molar-refractivity contribution in [3.8, 4) is 5.75 Å². The molecule has 7 heteroatoms. The van der Waals surface area contributed by atoms with Gasteiger partial charge in [0, 0.05) is 18.8 Å². The molecule has 3 rings (SSSR count). The van der Waals surface area contributed by atoms with E-state index in [-0.39, 0.29) is 12.0 Å². The zero-order valence-corrected chi connectivity index (χ0v) is 14.4. The molecule has 2 aromatic rings. The lowest BCUT2D eigenvalue weighted by molar-refractivity contribution is 0.0853. The topological polar surface area (TPSA) is 85.4 Å². The van der Waals surface area contributed by atoms with E-state index < -0.39 is 0 Å². The normalized spacial score (nSPS) is 16.5.